The quantitative estimate of drug-likeness (QED) is 0.832. The maximum atomic E-state index is 13.2. The minimum absolute atomic E-state index is 0.0473. The second-order valence-corrected chi connectivity index (χ2v) is 6.23. The largest absolute Gasteiger partial charge is 0.486 e. The molecule has 0 saturated heterocycles. The van der Waals surface area contributed by atoms with Crippen LogP contribution >= 0.6 is 23.8 Å². The molecule has 1 heterocycles. The summed E-state index contributed by atoms with van der Waals surface area (Å²) >= 11 is 11.1. The summed E-state index contributed by atoms with van der Waals surface area (Å²) in [7, 11) is 1.85. The van der Waals surface area contributed by atoms with Gasteiger partial charge in [-0.15, -0.1) is 0 Å². The zero-order valence-corrected chi connectivity index (χ0v) is 14.5. The van der Waals surface area contributed by atoms with Gasteiger partial charge in [0.05, 0.1) is 11.6 Å². The highest BCUT2D eigenvalue weighted by Gasteiger charge is 2.22. The first-order valence-corrected chi connectivity index (χ1v) is 8.17. The topological polar surface area (TPSA) is 33.7 Å². The van der Waals surface area contributed by atoms with Crippen LogP contribution in [0.15, 0.2) is 42.5 Å². The highest BCUT2D eigenvalue weighted by molar-refractivity contribution is 7.80. The standard InChI is InChI=1S/C17H16ClFN2O2S/c1-21(17(24)20-11-6-7-14(19)13(18)8-11)9-12-10-22-15-4-2-3-5-16(15)23-12/h2-8,12H,9-10H2,1H3,(H,20,24)/t12-/m1/s1. The molecule has 0 fully saturated rings. The van der Waals surface area contributed by atoms with Gasteiger partial charge < -0.3 is 19.7 Å². The monoisotopic (exact) mass is 366 g/mol. The second-order valence-electron chi connectivity index (χ2n) is 5.44. The minimum atomic E-state index is -0.465. The molecule has 3 rings (SSSR count). The molecule has 4 nitrogen and oxygen atoms in total. The number of rotatable bonds is 3. The Morgan fingerprint density at radius 1 is 1.33 bits per heavy atom. The molecule has 0 aliphatic carbocycles. The van der Waals surface area contributed by atoms with E-state index >= 15 is 0 Å². The first-order valence-electron chi connectivity index (χ1n) is 7.38. The summed E-state index contributed by atoms with van der Waals surface area (Å²) in [6.45, 7) is 1.00. The van der Waals surface area contributed by atoms with Crippen molar-refractivity contribution in [3.05, 3.63) is 53.3 Å². The Morgan fingerprint density at radius 2 is 2.08 bits per heavy atom. The Hall–Kier alpha value is -2.05. The van der Waals surface area contributed by atoms with E-state index in [1.807, 2.05) is 36.2 Å². The van der Waals surface area contributed by atoms with E-state index in [0.717, 1.165) is 11.5 Å². The average Bonchev–Trinajstić information content (AvgIpc) is 2.58. The zero-order chi connectivity index (χ0) is 17.1. The van der Waals surface area contributed by atoms with Crippen molar-refractivity contribution in [3.63, 3.8) is 0 Å². The number of nitrogens with one attached hydrogen (secondary N) is 1. The number of nitrogens with zero attached hydrogens (tertiary/aromatic N) is 1. The molecule has 0 bridgehead atoms. The molecule has 7 heteroatoms. The van der Waals surface area contributed by atoms with Crippen LogP contribution < -0.4 is 14.8 Å². The Bertz CT molecular complexity index is 759. The third kappa shape index (κ3) is 3.88. The van der Waals surface area contributed by atoms with Gasteiger partial charge in [0.15, 0.2) is 22.7 Å². The third-order valence-electron chi connectivity index (χ3n) is 3.56. The molecule has 0 unspecified atom stereocenters. The lowest BCUT2D eigenvalue weighted by Gasteiger charge is -2.30. The predicted molar refractivity (Wildman–Crippen MR) is 96.6 cm³/mol. The summed E-state index contributed by atoms with van der Waals surface area (Å²) in [5.74, 6) is 1.01. The zero-order valence-electron chi connectivity index (χ0n) is 13.0. The summed E-state index contributed by atoms with van der Waals surface area (Å²) in [5, 5.41) is 3.56. The normalized spacial score (nSPS) is 15.7. The van der Waals surface area contributed by atoms with Crippen LogP contribution in [0.5, 0.6) is 11.5 Å². The summed E-state index contributed by atoms with van der Waals surface area (Å²) in [6.07, 6.45) is -0.138. The van der Waals surface area contributed by atoms with Gasteiger partial charge in [-0.2, -0.15) is 0 Å². The molecule has 1 atom stereocenters. The molecule has 1 N–H and O–H groups in total. The van der Waals surface area contributed by atoms with Crippen LogP contribution in [0.1, 0.15) is 0 Å². The molecule has 0 spiro atoms. The number of anilines is 1. The Labute approximate surface area is 150 Å². The summed E-state index contributed by atoms with van der Waals surface area (Å²) in [5.41, 5.74) is 0.629. The number of halogens is 2. The van der Waals surface area contributed by atoms with Crippen LogP contribution in [-0.2, 0) is 0 Å². The SMILES string of the molecule is CN(C[C@@H]1COc2ccccc2O1)C(=S)Nc1ccc(F)c(Cl)c1. The number of hydrogen-bond donors (Lipinski definition) is 1. The Balaban J connectivity index is 1.57. The molecule has 126 valence electrons. The number of fused-ring (bicyclic) bond motifs is 1. The molecular weight excluding hydrogens is 351 g/mol. The van der Waals surface area contributed by atoms with Crippen LogP contribution in [0.4, 0.5) is 10.1 Å². The number of likely N-dealkylation sites (N-methyl/N-ethyl adjacent to an activating group) is 1. The highest BCUT2D eigenvalue weighted by Crippen LogP contribution is 2.31. The second kappa shape index (κ2) is 7.23. The van der Waals surface area contributed by atoms with Gasteiger partial charge in [-0.25, -0.2) is 4.39 Å². The van der Waals surface area contributed by atoms with Crippen molar-refractivity contribution in [2.75, 3.05) is 25.5 Å². The molecule has 1 aliphatic heterocycles. The third-order valence-corrected chi connectivity index (χ3v) is 4.27. The Kier molecular flexibility index (Phi) is 5.06. The number of ether oxygens (including phenoxy) is 2. The lowest BCUT2D eigenvalue weighted by molar-refractivity contribution is 0.0784. The number of para-hydroxylation sites is 2. The number of benzene rings is 2. The van der Waals surface area contributed by atoms with Crippen molar-refractivity contribution in [2.45, 2.75) is 6.10 Å². The van der Waals surface area contributed by atoms with Crippen molar-refractivity contribution >= 4 is 34.6 Å². The van der Waals surface area contributed by atoms with Gasteiger partial charge in [-0.1, -0.05) is 23.7 Å². The molecule has 2 aromatic carbocycles. The number of thiocarbonyl (C=S) groups is 1. The first kappa shape index (κ1) is 16.8. The van der Waals surface area contributed by atoms with Crippen LogP contribution in [0, 0.1) is 5.82 Å². The van der Waals surface area contributed by atoms with Crippen molar-refractivity contribution in [3.8, 4) is 11.5 Å². The maximum Gasteiger partial charge on any atom is 0.173 e. The van der Waals surface area contributed by atoms with Crippen molar-refractivity contribution in [2.24, 2.45) is 0 Å². The molecular formula is C17H16ClFN2O2S. The minimum Gasteiger partial charge on any atom is -0.486 e. The lowest BCUT2D eigenvalue weighted by atomic mass is 10.2. The van der Waals surface area contributed by atoms with E-state index < -0.39 is 5.82 Å². The van der Waals surface area contributed by atoms with Gasteiger partial charge in [-0.3, -0.25) is 0 Å². The molecule has 2 aromatic rings. The Morgan fingerprint density at radius 3 is 2.83 bits per heavy atom. The predicted octanol–water partition coefficient (Wildman–Crippen LogP) is 3.95. The van der Waals surface area contributed by atoms with Gasteiger partial charge in [0, 0.05) is 12.7 Å². The van der Waals surface area contributed by atoms with Crippen molar-refractivity contribution in [1.82, 2.24) is 4.90 Å². The van der Waals surface area contributed by atoms with E-state index in [2.05, 4.69) is 5.32 Å². The van der Waals surface area contributed by atoms with E-state index in [9.17, 15) is 4.39 Å². The van der Waals surface area contributed by atoms with Gasteiger partial charge in [0.1, 0.15) is 12.4 Å². The van der Waals surface area contributed by atoms with Crippen LogP contribution in [0.2, 0.25) is 5.02 Å². The van der Waals surface area contributed by atoms with E-state index in [1.54, 1.807) is 6.07 Å². The van der Waals surface area contributed by atoms with E-state index in [1.165, 1.54) is 12.1 Å². The fourth-order valence-corrected chi connectivity index (χ4v) is 2.71. The van der Waals surface area contributed by atoms with E-state index in [0.29, 0.717) is 24.0 Å². The highest BCUT2D eigenvalue weighted by atomic mass is 35.5. The van der Waals surface area contributed by atoms with E-state index in [4.69, 9.17) is 33.3 Å². The molecule has 0 amide bonds. The van der Waals surface area contributed by atoms with E-state index in [-0.39, 0.29) is 11.1 Å². The molecule has 0 radical (unpaired) electrons. The summed E-state index contributed by atoms with van der Waals surface area (Å²) in [6, 6.07) is 11.9. The van der Waals surface area contributed by atoms with Crippen LogP contribution in [0.3, 0.4) is 0 Å². The molecule has 1 aliphatic rings. The maximum absolute atomic E-state index is 13.2. The molecule has 24 heavy (non-hydrogen) atoms. The summed E-state index contributed by atoms with van der Waals surface area (Å²) < 4.78 is 24.8. The van der Waals surface area contributed by atoms with Crippen molar-refractivity contribution in [1.29, 1.82) is 0 Å². The molecule has 0 aromatic heterocycles. The smallest absolute Gasteiger partial charge is 0.173 e. The lowest BCUT2D eigenvalue weighted by Crippen LogP contribution is -2.43. The van der Waals surface area contributed by atoms with Gasteiger partial charge >= 0.3 is 0 Å². The average molecular weight is 367 g/mol. The fraction of sp³-hybridized carbons (Fsp3) is 0.235. The van der Waals surface area contributed by atoms with Gasteiger partial charge in [0.25, 0.3) is 0 Å². The van der Waals surface area contributed by atoms with Gasteiger partial charge in [0.2, 0.25) is 0 Å². The first-order chi connectivity index (χ1) is 11.5. The number of hydrogen-bond acceptors (Lipinski definition) is 3. The van der Waals surface area contributed by atoms with Crippen molar-refractivity contribution < 1.29 is 13.9 Å². The summed E-state index contributed by atoms with van der Waals surface area (Å²) in [4.78, 5) is 1.84. The fourth-order valence-electron chi connectivity index (χ4n) is 2.33. The molecule has 0 saturated carbocycles. The van der Waals surface area contributed by atoms with Gasteiger partial charge in [-0.05, 0) is 42.5 Å². The van der Waals surface area contributed by atoms with Crippen LogP contribution in [0.25, 0.3) is 0 Å². The van der Waals surface area contributed by atoms with Crippen LogP contribution in [-0.4, -0.2) is 36.3 Å².